The molecule has 4 rings (SSSR count). The summed E-state index contributed by atoms with van der Waals surface area (Å²) in [6.45, 7) is 6.79. The minimum Gasteiger partial charge on any atom is -0.376 e. The predicted molar refractivity (Wildman–Crippen MR) is 130 cm³/mol. The standard InChI is InChI=1S/C26H33F3N2O3S/c1-4-13-35(33,34)31-22-10-11-23(31)17-30(16-22)15-19-5-12-24(18(2)14-19)20-6-8-21(9-7-20)25(3,32)26(27,28)29/h5-9,12,14,22-23,32H,4,10-11,13,15-17H2,1-3H3. The van der Waals surface area contributed by atoms with E-state index in [2.05, 4.69) is 11.0 Å². The van der Waals surface area contributed by atoms with Gasteiger partial charge >= 0.3 is 6.18 Å². The maximum Gasteiger partial charge on any atom is 0.421 e. The Morgan fingerprint density at radius 3 is 2.14 bits per heavy atom. The molecule has 2 aromatic carbocycles. The number of benzene rings is 2. The first-order valence-corrected chi connectivity index (χ1v) is 13.7. The Morgan fingerprint density at radius 2 is 1.63 bits per heavy atom. The Balaban J connectivity index is 1.45. The molecule has 2 bridgehead atoms. The van der Waals surface area contributed by atoms with Crippen molar-refractivity contribution in [2.45, 2.75) is 70.4 Å². The molecule has 0 aliphatic carbocycles. The first-order valence-electron chi connectivity index (χ1n) is 12.1. The van der Waals surface area contributed by atoms with Gasteiger partial charge in [0, 0.05) is 31.7 Å². The molecule has 2 fully saturated rings. The van der Waals surface area contributed by atoms with Gasteiger partial charge in [-0.1, -0.05) is 49.4 Å². The molecule has 9 heteroatoms. The van der Waals surface area contributed by atoms with E-state index in [-0.39, 0.29) is 23.4 Å². The summed E-state index contributed by atoms with van der Waals surface area (Å²) in [7, 11) is -3.20. The summed E-state index contributed by atoms with van der Waals surface area (Å²) in [5.41, 5.74) is 0.727. The zero-order valence-electron chi connectivity index (χ0n) is 20.3. The predicted octanol–water partition coefficient (Wildman–Crippen LogP) is 4.82. The second-order valence-electron chi connectivity index (χ2n) is 10.0. The summed E-state index contributed by atoms with van der Waals surface area (Å²) in [4.78, 5) is 2.32. The number of rotatable bonds is 7. The summed E-state index contributed by atoms with van der Waals surface area (Å²) in [5, 5.41) is 9.89. The van der Waals surface area contributed by atoms with Crippen LogP contribution in [0.1, 0.15) is 49.8 Å². The number of hydrogen-bond acceptors (Lipinski definition) is 4. The third-order valence-corrected chi connectivity index (χ3v) is 9.44. The normalized spacial score (nSPS) is 23.4. The smallest absolute Gasteiger partial charge is 0.376 e. The van der Waals surface area contributed by atoms with Crippen LogP contribution in [0.5, 0.6) is 0 Å². The Bertz CT molecular complexity index is 1150. The van der Waals surface area contributed by atoms with Crippen molar-refractivity contribution >= 4 is 10.0 Å². The van der Waals surface area contributed by atoms with E-state index in [0.717, 1.165) is 61.7 Å². The Hall–Kier alpha value is -1.94. The second kappa shape index (κ2) is 9.50. The van der Waals surface area contributed by atoms with Crippen molar-refractivity contribution in [3.63, 3.8) is 0 Å². The summed E-state index contributed by atoms with van der Waals surface area (Å²) in [6, 6.07) is 12.0. The molecule has 35 heavy (non-hydrogen) atoms. The SMILES string of the molecule is CCCS(=O)(=O)N1C2CCC1CN(Cc1ccc(-c3ccc(C(C)(O)C(F)(F)F)cc3)c(C)c1)C2. The van der Waals surface area contributed by atoms with E-state index in [1.54, 1.807) is 16.4 Å². The molecule has 5 nitrogen and oxygen atoms in total. The van der Waals surface area contributed by atoms with Crippen molar-refractivity contribution in [1.82, 2.24) is 9.21 Å². The van der Waals surface area contributed by atoms with Crippen molar-refractivity contribution in [3.8, 4) is 11.1 Å². The number of alkyl halides is 3. The minimum absolute atomic E-state index is 0.0399. The molecule has 0 amide bonds. The van der Waals surface area contributed by atoms with Gasteiger partial charge in [0.25, 0.3) is 0 Å². The average molecular weight is 511 g/mol. The molecule has 3 unspecified atom stereocenters. The van der Waals surface area contributed by atoms with Crippen molar-refractivity contribution < 1.29 is 26.7 Å². The molecule has 1 N–H and O–H groups in total. The van der Waals surface area contributed by atoms with Crippen LogP contribution in [0.25, 0.3) is 11.1 Å². The monoisotopic (exact) mass is 510 g/mol. The van der Waals surface area contributed by atoms with Crippen molar-refractivity contribution in [1.29, 1.82) is 0 Å². The number of piperazine rings is 1. The Labute approximate surface area is 205 Å². The van der Waals surface area contributed by atoms with E-state index >= 15 is 0 Å². The quantitative estimate of drug-likeness (QED) is 0.580. The van der Waals surface area contributed by atoms with E-state index in [4.69, 9.17) is 0 Å². The zero-order valence-corrected chi connectivity index (χ0v) is 21.2. The Morgan fingerprint density at radius 1 is 1.03 bits per heavy atom. The van der Waals surface area contributed by atoms with Crippen LogP contribution in [0.4, 0.5) is 13.2 Å². The van der Waals surface area contributed by atoms with E-state index in [9.17, 15) is 26.7 Å². The van der Waals surface area contributed by atoms with E-state index in [1.807, 2.05) is 26.0 Å². The van der Waals surface area contributed by atoms with Crippen LogP contribution in [0.15, 0.2) is 42.5 Å². The fraction of sp³-hybridized carbons (Fsp3) is 0.538. The Kier molecular flexibility index (Phi) is 7.09. The zero-order chi connectivity index (χ0) is 25.6. The molecule has 0 aromatic heterocycles. The highest BCUT2D eigenvalue weighted by molar-refractivity contribution is 7.89. The number of aryl methyl sites for hydroxylation is 1. The van der Waals surface area contributed by atoms with Gasteiger partial charge in [0.05, 0.1) is 5.75 Å². The van der Waals surface area contributed by atoms with Gasteiger partial charge in [-0.25, -0.2) is 8.42 Å². The average Bonchev–Trinajstić information content (AvgIpc) is 3.05. The lowest BCUT2D eigenvalue weighted by Crippen LogP contribution is -2.55. The molecule has 2 aliphatic rings. The maximum absolute atomic E-state index is 13.1. The lowest BCUT2D eigenvalue weighted by Gasteiger charge is -2.40. The highest BCUT2D eigenvalue weighted by atomic mass is 32.2. The number of sulfonamides is 1. The van der Waals surface area contributed by atoms with Crippen LogP contribution in [-0.4, -0.2) is 59.8 Å². The van der Waals surface area contributed by atoms with E-state index in [0.29, 0.717) is 6.42 Å². The molecule has 2 saturated heterocycles. The number of nitrogens with zero attached hydrogens (tertiary/aromatic N) is 2. The molecular weight excluding hydrogens is 477 g/mol. The molecule has 3 atom stereocenters. The van der Waals surface area contributed by atoms with Crippen molar-refractivity contribution in [2.24, 2.45) is 0 Å². The van der Waals surface area contributed by atoms with Crippen molar-refractivity contribution in [3.05, 3.63) is 59.2 Å². The highest BCUT2D eigenvalue weighted by Gasteiger charge is 2.51. The lowest BCUT2D eigenvalue weighted by atomic mass is 9.92. The number of aliphatic hydroxyl groups is 1. The summed E-state index contributed by atoms with van der Waals surface area (Å²) in [5.74, 6) is 0.204. The van der Waals surface area contributed by atoms with Crippen LogP contribution in [0.3, 0.4) is 0 Å². The number of likely N-dealkylation sites (tertiary alicyclic amines) is 1. The van der Waals surface area contributed by atoms with E-state index in [1.165, 1.54) is 12.1 Å². The number of halogens is 3. The largest absolute Gasteiger partial charge is 0.421 e. The van der Waals surface area contributed by atoms with E-state index < -0.39 is 21.8 Å². The molecular formula is C26H33F3N2O3S. The summed E-state index contributed by atoms with van der Waals surface area (Å²) >= 11 is 0. The van der Waals surface area contributed by atoms with Gasteiger partial charge in [-0.3, -0.25) is 4.90 Å². The fourth-order valence-corrected chi connectivity index (χ4v) is 7.42. The number of hydrogen-bond donors (Lipinski definition) is 1. The van der Waals surface area contributed by atoms with Gasteiger partial charge < -0.3 is 5.11 Å². The third kappa shape index (κ3) is 5.14. The van der Waals surface area contributed by atoms with Crippen LogP contribution in [-0.2, 0) is 22.2 Å². The highest BCUT2D eigenvalue weighted by Crippen LogP contribution is 2.39. The molecule has 2 heterocycles. The fourth-order valence-electron chi connectivity index (χ4n) is 5.44. The molecule has 2 aromatic rings. The van der Waals surface area contributed by atoms with Crippen LogP contribution >= 0.6 is 0 Å². The maximum atomic E-state index is 13.1. The summed E-state index contributed by atoms with van der Waals surface area (Å²) in [6.07, 6.45) is -2.33. The van der Waals surface area contributed by atoms with Gasteiger partial charge in [-0.05, 0) is 60.9 Å². The lowest BCUT2D eigenvalue weighted by molar-refractivity contribution is -0.258. The van der Waals surface area contributed by atoms with Crippen LogP contribution in [0, 0.1) is 6.92 Å². The first-order chi connectivity index (χ1) is 16.3. The molecule has 0 saturated carbocycles. The van der Waals surface area contributed by atoms with Gasteiger partial charge in [-0.15, -0.1) is 0 Å². The van der Waals surface area contributed by atoms with Crippen LogP contribution in [0.2, 0.25) is 0 Å². The molecule has 0 radical (unpaired) electrons. The number of fused-ring (bicyclic) bond motifs is 2. The minimum atomic E-state index is -4.75. The van der Waals surface area contributed by atoms with Gasteiger partial charge in [0.15, 0.2) is 5.60 Å². The molecule has 0 spiro atoms. The van der Waals surface area contributed by atoms with Crippen LogP contribution < -0.4 is 0 Å². The molecule has 192 valence electrons. The third-order valence-electron chi connectivity index (χ3n) is 7.28. The van der Waals surface area contributed by atoms with Crippen molar-refractivity contribution in [2.75, 3.05) is 18.8 Å². The topological polar surface area (TPSA) is 60.9 Å². The van der Waals surface area contributed by atoms with Gasteiger partial charge in [-0.2, -0.15) is 17.5 Å². The van der Waals surface area contributed by atoms with Gasteiger partial charge in [0.1, 0.15) is 0 Å². The first kappa shape index (κ1) is 26.1. The second-order valence-corrected chi connectivity index (χ2v) is 12.0. The summed E-state index contributed by atoms with van der Waals surface area (Å²) < 4.78 is 66.5. The van der Waals surface area contributed by atoms with Gasteiger partial charge in [0.2, 0.25) is 10.0 Å². The molecule has 2 aliphatic heterocycles.